The molecule has 22 heavy (non-hydrogen) atoms. The van der Waals surface area contributed by atoms with Crippen molar-refractivity contribution in [1.82, 2.24) is 4.90 Å². The first-order valence-electron chi connectivity index (χ1n) is 7.41. The molecule has 0 spiro atoms. The number of carbonyl (C=O) groups excluding carboxylic acids is 1. The fourth-order valence-corrected chi connectivity index (χ4v) is 3.41. The van der Waals surface area contributed by atoms with Gasteiger partial charge in [0, 0.05) is 36.9 Å². The van der Waals surface area contributed by atoms with E-state index in [1.54, 1.807) is 4.90 Å². The fourth-order valence-electron chi connectivity index (χ4n) is 3.13. The number of nitrogens with zero attached hydrogens (tertiary/aromatic N) is 1. The number of piperidine rings is 1. The second kappa shape index (κ2) is 5.56. The minimum Gasteiger partial charge on any atom is -0.479 e. The summed E-state index contributed by atoms with van der Waals surface area (Å²) < 4.78 is 0. The lowest BCUT2D eigenvalue weighted by molar-refractivity contribution is -0.165. The van der Waals surface area contributed by atoms with Crippen LogP contribution in [-0.4, -0.2) is 45.7 Å². The Kier molecular flexibility index (Phi) is 3.87. The Morgan fingerprint density at radius 1 is 1.23 bits per heavy atom. The van der Waals surface area contributed by atoms with E-state index < -0.39 is 11.6 Å². The number of benzene rings is 1. The van der Waals surface area contributed by atoms with Crippen molar-refractivity contribution in [2.75, 3.05) is 13.1 Å². The second-order valence-electron chi connectivity index (χ2n) is 6.13. The molecule has 2 unspecified atom stereocenters. The molecule has 2 fully saturated rings. The minimum absolute atomic E-state index is 0.0392. The van der Waals surface area contributed by atoms with Crippen molar-refractivity contribution < 1.29 is 19.8 Å². The number of hydrogen-bond donors (Lipinski definition) is 2. The van der Waals surface area contributed by atoms with Crippen LogP contribution in [0.15, 0.2) is 24.3 Å². The van der Waals surface area contributed by atoms with E-state index in [4.69, 9.17) is 16.7 Å². The monoisotopic (exact) mass is 323 g/mol. The maximum atomic E-state index is 12.5. The predicted octanol–water partition coefficient (Wildman–Crippen LogP) is 1.88. The van der Waals surface area contributed by atoms with Gasteiger partial charge < -0.3 is 15.1 Å². The molecule has 2 atom stereocenters. The zero-order valence-corrected chi connectivity index (χ0v) is 12.8. The molecule has 1 saturated heterocycles. The molecule has 2 N–H and O–H groups in total. The first-order chi connectivity index (χ1) is 10.4. The Morgan fingerprint density at radius 3 is 2.45 bits per heavy atom. The summed E-state index contributed by atoms with van der Waals surface area (Å²) in [7, 11) is 0. The highest BCUT2D eigenvalue weighted by molar-refractivity contribution is 6.31. The molecular weight excluding hydrogens is 306 g/mol. The van der Waals surface area contributed by atoms with Gasteiger partial charge in [0.05, 0.1) is 0 Å². The van der Waals surface area contributed by atoms with Crippen molar-refractivity contribution in [1.29, 1.82) is 0 Å². The van der Waals surface area contributed by atoms with Crippen molar-refractivity contribution in [3.63, 3.8) is 0 Å². The molecule has 1 aliphatic carbocycles. The zero-order chi connectivity index (χ0) is 15.9. The Morgan fingerprint density at radius 2 is 1.86 bits per heavy atom. The van der Waals surface area contributed by atoms with Crippen molar-refractivity contribution in [2.45, 2.75) is 30.8 Å². The van der Waals surface area contributed by atoms with Crippen LogP contribution in [0.1, 0.15) is 30.7 Å². The average Bonchev–Trinajstić information content (AvgIpc) is 3.28. The van der Waals surface area contributed by atoms with E-state index in [1.807, 2.05) is 24.3 Å². The molecule has 1 amide bonds. The largest absolute Gasteiger partial charge is 0.479 e. The summed E-state index contributed by atoms with van der Waals surface area (Å²) in [6, 6.07) is 7.54. The molecule has 0 radical (unpaired) electrons. The standard InChI is InChI=1S/C16H18ClNO4/c17-13-4-2-1-3-10(13)11-9-12(11)14(19)18-7-5-16(22,6-8-18)15(20)21/h1-4,11-12,22H,5-9H2,(H,20,21). The zero-order valence-electron chi connectivity index (χ0n) is 12.0. The molecule has 1 heterocycles. The highest BCUT2D eigenvalue weighted by Crippen LogP contribution is 2.50. The Labute approximate surface area is 133 Å². The summed E-state index contributed by atoms with van der Waals surface area (Å²) in [5.74, 6) is -1.09. The van der Waals surface area contributed by atoms with Crippen LogP contribution in [0.4, 0.5) is 0 Å². The Bertz CT molecular complexity index is 610. The summed E-state index contributed by atoms with van der Waals surface area (Å²) in [4.78, 5) is 25.2. The van der Waals surface area contributed by atoms with Gasteiger partial charge in [-0.1, -0.05) is 29.8 Å². The van der Waals surface area contributed by atoms with Gasteiger partial charge in [0.25, 0.3) is 0 Å². The summed E-state index contributed by atoms with van der Waals surface area (Å²) in [5.41, 5.74) is -0.691. The number of aliphatic hydroxyl groups is 1. The smallest absolute Gasteiger partial charge is 0.335 e. The van der Waals surface area contributed by atoms with Gasteiger partial charge in [-0.3, -0.25) is 4.79 Å². The van der Waals surface area contributed by atoms with Crippen molar-refractivity contribution >= 4 is 23.5 Å². The van der Waals surface area contributed by atoms with Crippen LogP contribution in [0, 0.1) is 5.92 Å². The second-order valence-corrected chi connectivity index (χ2v) is 6.54. The number of carbonyl (C=O) groups is 2. The molecule has 1 saturated carbocycles. The molecule has 0 aromatic heterocycles. The quantitative estimate of drug-likeness (QED) is 0.890. The van der Waals surface area contributed by atoms with Crippen LogP contribution in [0.25, 0.3) is 0 Å². The molecule has 1 aromatic rings. The average molecular weight is 324 g/mol. The molecule has 1 aliphatic heterocycles. The molecule has 3 rings (SSSR count). The number of carboxylic acids is 1. The van der Waals surface area contributed by atoms with E-state index in [1.165, 1.54) is 0 Å². The molecule has 2 aliphatic rings. The van der Waals surface area contributed by atoms with Crippen LogP contribution >= 0.6 is 11.6 Å². The first-order valence-corrected chi connectivity index (χ1v) is 7.79. The third-order valence-electron chi connectivity index (χ3n) is 4.71. The van der Waals surface area contributed by atoms with Crippen LogP contribution in [0.3, 0.4) is 0 Å². The topological polar surface area (TPSA) is 77.8 Å². The first kappa shape index (κ1) is 15.3. The highest BCUT2D eigenvalue weighted by atomic mass is 35.5. The normalized spacial score (nSPS) is 26.5. The van der Waals surface area contributed by atoms with Gasteiger partial charge in [-0.2, -0.15) is 0 Å². The predicted molar refractivity (Wildman–Crippen MR) is 80.7 cm³/mol. The van der Waals surface area contributed by atoms with Crippen LogP contribution in [0.5, 0.6) is 0 Å². The van der Waals surface area contributed by atoms with E-state index in [0.29, 0.717) is 5.02 Å². The lowest BCUT2D eigenvalue weighted by atomic mass is 9.91. The number of amides is 1. The number of aliphatic carboxylic acids is 1. The van der Waals surface area contributed by atoms with Gasteiger partial charge in [-0.15, -0.1) is 0 Å². The lowest BCUT2D eigenvalue weighted by Crippen LogP contribution is -2.51. The number of likely N-dealkylation sites (tertiary alicyclic amines) is 1. The summed E-state index contributed by atoms with van der Waals surface area (Å²) in [6.45, 7) is 0.570. The van der Waals surface area contributed by atoms with E-state index in [-0.39, 0.29) is 43.7 Å². The van der Waals surface area contributed by atoms with Crippen LogP contribution in [-0.2, 0) is 9.59 Å². The molecule has 1 aromatic carbocycles. The molecule has 5 nitrogen and oxygen atoms in total. The molecular formula is C16H18ClNO4. The maximum absolute atomic E-state index is 12.5. The number of hydrogen-bond acceptors (Lipinski definition) is 3. The van der Waals surface area contributed by atoms with E-state index in [2.05, 4.69) is 0 Å². The highest BCUT2D eigenvalue weighted by Gasteiger charge is 2.48. The third kappa shape index (κ3) is 2.71. The summed E-state index contributed by atoms with van der Waals surface area (Å²) in [6.07, 6.45) is 0.942. The maximum Gasteiger partial charge on any atom is 0.335 e. The van der Waals surface area contributed by atoms with Crippen molar-refractivity contribution in [2.24, 2.45) is 5.92 Å². The van der Waals surface area contributed by atoms with Crippen molar-refractivity contribution in [3.05, 3.63) is 34.9 Å². The summed E-state index contributed by atoms with van der Waals surface area (Å²) in [5, 5.41) is 19.6. The van der Waals surface area contributed by atoms with E-state index >= 15 is 0 Å². The Hall–Kier alpha value is -1.59. The van der Waals surface area contributed by atoms with Gasteiger partial charge in [0.1, 0.15) is 0 Å². The fraction of sp³-hybridized carbons (Fsp3) is 0.500. The SMILES string of the molecule is O=C(C1CC1c1ccccc1Cl)N1CCC(O)(C(=O)O)CC1. The van der Waals surface area contributed by atoms with Gasteiger partial charge in [-0.05, 0) is 24.0 Å². The van der Waals surface area contributed by atoms with Gasteiger partial charge in [0.15, 0.2) is 5.60 Å². The molecule has 0 bridgehead atoms. The summed E-state index contributed by atoms with van der Waals surface area (Å²) >= 11 is 6.16. The molecule has 6 heteroatoms. The lowest BCUT2D eigenvalue weighted by Gasteiger charge is -2.35. The third-order valence-corrected chi connectivity index (χ3v) is 5.06. The van der Waals surface area contributed by atoms with E-state index in [0.717, 1.165) is 12.0 Å². The van der Waals surface area contributed by atoms with Gasteiger partial charge in [0.2, 0.25) is 5.91 Å². The number of carboxylic acid groups (broad SMARTS) is 1. The van der Waals surface area contributed by atoms with Gasteiger partial charge >= 0.3 is 5.97 Å². The van der Waals surface area contributed by atoms with Crippen molar-refractivity contribution in [3.8, 4) is 0 Å². The number of rotatable bonds is 3. The minimum atomic E-state index is -1.69. The van der Waals surface area contributed by atoms with Crippen LogP contribution < -0.4 is 0 Å². The van der Waals surface area contributed by atoms with Gasteiger partial charge in [-0.25, -0.2) is 4.79 Å². The Balaban J connectivity index is 1.61. The molecule has 118 valence electrons. The van der Waals surface area contributed by atoms with E-state index in [9.17, 15) is 14.7 Å². The number of halogens is 1. The van der Waals surface area contributed by atoms with Crippen LogP contribution in [0.2, 0.25) is 5.02 Å².